The average Bonchev–Trinajstić information content (AvgIpc) is 3.26. The SMILES string of the molecule is CCc1ccc(-c2csc(NC(=O)c3sc4cc(Cl)ccc4c3Cl)n2)cc1. The van der Waals surface area contributed by atoms with E-state index in [2.05, 4.69) is 29.4 Å². The second-order valence-corrected chi connectivity index (χ2v) is 8.65. The predicted octanol–water partition coefficient (Wildman–Crippen LogP) is 7.15. The summed E-state index contributed by atoms with van der Waals surface area (Å²) in [6, 6.07) is 13.7. The number of carbonyl (C=O) groups is 1. The molecule has 136 valence electrons. The molecule has 0 spiro atoms. The Morgan fingerprint density at radius 2 is 1.93 bits per heavy atom. The third-order valence-corrected chi connectivity index (χ3v) is 6.83. The first kappa shape index (κ1) is 18.4. The summed E-state index contributed by atoms with van der Waals surface area (Å²) in [5, 5.41) is 7.21. The number of aryl methyl sites for hydroxylation is 1. The van der Waals surface area contributed by atoms with E-state index in [1.807, 2.05) is 29.6 Å². The van der Waals surface area contributed by atoms with Crippen molar-refractivity contribution in [2.45, 2.75) is 13.3 Å². The van der Waals surface area contributed by atoms with E-state index < -0.39 is 0 Å². The highest BCUT2D eigenvalue weighted by atomic mass is 35.5. The largest absolute Gasteiger partial charge is 0.297 e. The van der Waals surface area contributed by atoms with Crippen LogP contribution in [-0.2, 0) is 6.42 Å². The van der Waals surface area contributed by atoms with Crippen molar-refractivity contribution in [2.75, 3.05) is 5.32 Å². The minimum atomic E-state index is -0.264. The van der Waals surface area contributed by atoms with Crippen LogP contribution in [0, 0.1) is 0 Å². The summed E-state index contributed by atoms with van der Waals surface area (Å²) in [7, 11) is 0. The molecule has 2 aromatic heterocycles. The zero-order valence-electron chi connectivity index (χ0n) is 14.3. The smallest absolute Gasteiger partial charge is 0.269 e. The number of hydrogen-bond donors (Lipinski definition) is 1. The fraction of sp³-hybridized carbons (Fsp3) is 0.100. The number of rotatable bonds is 4. The van der Waals surface area contributed by atoms with Crippen LogP contribution in [0.2, 0.25) is 10.0 Å². The van der Waals surface area contributed by atoms with Crippen LogP contribution in [-0.4, -0.2) is 10.9 Å². The number of aromatic nitrogens is 1. The molecule has 0 fully saturated rings. The van der Waals surface area contributed by atoms with Gasteiger partial charge < -0.3 is 0 Å². The maximum absolute atomic E-state index is 12.7. The molecule has 3 nitrogen and oxygen atoms in total. The second kappa shape index (κ2) is 7.60. The number of thiazole rings is 1. The van der Waals surface area contributed by atoms with Crippen LogP contribution in [0.15, 0.2) is 47.8 Å². The monoisotopic (exact) mass is 432 g/mol. The third kappa shape index (κ3) is 3.73. The minimum Gasteiger partial charge on any atom is -0.297 e. The molecule has 0 saturated carbocycles. The summed E-state index contributed by atoms with van der Waals surface area (Å²) in [4.78, 5) is 17.6. The highest BCUT2D eigenvalue weighted by molar-refractivity contribution is 7.22. The fourth-order valence-corrected chi connectivity index (χ4v) is 5.12. The molecule has 27 heavy (non-hydrogen) atoms. The van der Waals surface area contributed by atoms with Gasteiger partial charge in [-0.15, -0.1) is 22.7 Å². The first-order valence-corrected chi connectivity index (χ1v) is 10.7. The van der Waals surface area contributed by atoms with Gasteiger partial charge in [0.05, 0.1) is 10.7 Å². The first-order valence-electron chi connectivity index (χ1n) is 8.29. The van der Waals surface area contributed by atoms with Crippen LogP contribution in [0.5, 0.6) is 0 Å². The summed E-state index contributed by atoms with van der Waals surface area (Å²) >= 11 is 15.1. The van der Waals surface area contributed by atoms with Gasteiger partial charge >= 0.3 is 0 Å². The molecular formula is C20H14Cl2N2OS2. The molecule has 7 heteroatoms. The van der Waals surface area contributed by atoms with E-state index in [9.17, 15) is 4.79 Å². The molecule has 0 bridgehead atoms. The lowest BCUT2D eigenvalue weighted by atomic mass is 10.1. The van der Waals surface area contributed by atoms with E-state index in [0.29, 0.717) is 20.1 Å². The van der Waals surface area contributed by atoms with Gasteiger partial charge in [-0.3, -0.25) is 10.1 Å². The Hall–Kier alpha value is -1.92. The van der Waals surface area contributed by atoms with Gasteiger partial charge in [0.1, 0.15) is 4.88 Å². The molecule has 4 rings (SSSR count). The molecular weight excluding hydrogens is 419 g/mol. The summed E-state index contributed by atoms with van der Waals surface area (Å²) in [5.74, 6) is -0.264. The van der Waals surface area contributed by atoms with Gasteiger partial charge in [-0.05, 0) is 24.1 Å². The number of amides is 1. The van der Waals surface area contributed by atoms with Crippen molar-refractivity contribution in [3.8, 4) is 11.3 Å². The molecule has 2 aromatic carbocycles. The number of nitrogens with one attached hydrogen (secondary N) is 1. The van der Waals surface area contributed by atoms with E-state index >= 15 is 0 Å². The molecule has 0 aliphatic heterocycles. The number of nitrogens with zero attached hydrogens (tertiary/aromatic N) is 1. The number of hydrogen-bond acceptors (Lipinski definition) is 4. The molecule has 0 aliphatic rings. The van der Waals surface area contributed by atoms with Crippen LogP contribution in [0.25, 0.3) is 21.3 Å². The molecule has 2 heterocycles. The maximum atomic E-state index is 12.7. The lowest BCUT2D eigenvalue weighted by Crippen LogP contribution is -2.10. The van der Waals surface area contributed by atoms with Gasteiger partial charge in [-0.25, -0.2) is 4.98 Å². The zero-order chi connectivity index (χ0) is 19.0. The summed E-state index contributed by atoms with van der Waals surface area (Å²) in [6.07, 6.45) is 1.000. The number of benzene rings is 2. The summed E-state index contributed by atoms with van der Waals surface area (Å²) in [6.45, 7) is 2.12. The normalized spacial score (nSPS) is 11.1. The van der Waals surface area contributed by atoms with Crippen LogP contribution >= 0.6 is 45.9 Å². The van der Waals surface area contributed by atoms with Crippen molar-refractivity contribution in [2.24, 2.45) is 0 Å². The highest BCUT2D eigenvalue weighted by Crippen LogP contribution is 2.37. The molecule has 4 aromatic rings. The second-order valence-electron chi connectivity index (χ2n) is 5.93. The fourth-order valence-electron chi connectivity index (χ4n) is 2.71. The van der Waals surface area contributed by atoms with Gasteiger partial charge in [0.25, 0.3) is 5.91 Å². The van der Waals surface area contributed by atoms with E-state index in [-0.39, 0.29) is 5.91 Å². The lowest BCUT2D eigenvalue weighted by molar-refractivity contribution is 0.103. The van der Waals surface area contributed by atoms with Gasteiger partial charge in [0.2, 0.25) is 0 Å². The van der Waals surface area contributed by atoms with Crippen molar-refractivity contribution < 1.29 is 4.79 Å². The molecule has 1 N–H and O–H groups in total. The maximum Gasteiger partial charge on any atom is 0.269 e. The van der Waals surface area contributed by atoms with Gasteiger partial charge in [-0.2, -0.15) is 0 Å². The Kier molecular flexibility index (Phi) is 5.19. The Bertz CT molecular complexity index is 1130. The van der Waals surface area contributed by atoms with E-state index in [4.69, 9.17) is 23.2 Å². The van der Waals surface area contributed by atoms with E-state index in [0.717, 1.165) is 27.8 Å². The van der Waals surface area contributed by atoms with Gasteiger partial charge in [0.15, 0.2) is 5.13 Å². The van der Waals surface area contributed by atoms with Crippen LogP contribution in [0.4, 0.5) is 5.13 Å². The molecule has 0 unspecified atom stereocenters. The molecule has 0 aliphatic carbocycles. The van der Waals surface area contributed by atoms with Crippen molar-refractivity contribution in [3.63, 3.8) is 0 Å². The molecule has 0 radical (unpaired) electrons. The van der Waals surface area contributed by atoms with Crippen molar-refractivity contribution in [3.05, 3.63) is 68.3 Å². The zero-order valence-corrected chi connectivity index (χ0v) is 17.4. The van der Waals surface area contributed by atoms with Crippen LogP contribution < -0.4 is 5.32 Å². The number of halogens is 2. The van der Waals surface area contributed by atoms with Crippen molar-refractivity contribution in [1.82, 2.24) is 4.98 Å². The Morgan fingerprint density at radius 3 is 2.67 bits per heavy atom. The van der Waals surface area contributed by atoms with Crippen LogP contribution in [0.3, 0.4) is 0 Å². The predicted molar refractivity (Wildman–Crippen MR) is 117 cm³/mol. The first-order chi connectivity index (χ1) is 13.0. The lowest BCUT2D eigenvalue weighted by Gasteiger charge is -2.00. The highest BCUT2D eigenvalue weighted by Gasteiger charge is 2.18. The quantitative estimate of drug-likeness (QED) is 0.371. The standard InChI is InChI=1S/C20H14Cl2N2OS2/c1-2-11-3-5-12(6-4-11)15-10-26-20(23-15)24-19(25)18-17(22)14-8-7-13(21)9-16(14)27-18/h3-10H,2H2,1H3,(H,23,24,25). The van der Waals surface area contributed by atoms with Gasteiger partial charge in [0, 0.05) is 26.1 Å². The topological polar surface area (TPSA) is 42.0 Å². The number of carbonyl (C=O) groups excluding carboxylic acids is 1. The Morgan fingerprint density at radius 1 is 1.15 bits per heavy atom. The number of fused-ring (bicyclic) bond motifs is 1. The molecule has 1 amide bonds. The minimum absolute atomic E-state index is 0.264. The Labute approximate surface area is 174 Å². The Balaban J connectivity index is 1.56. The summed E-state index contributed by atoms with van der Waals surface area (Å²) < 4.78 is 0.883. The molecule has 0 saturated heterocycles. The third-order valence-electron chi connectivity index (χ3n) is 4.18. The number of thiophene rings is 1. The number of anilines is 1. The molecule has 0 atom stereocenters. The van der Waals surface area contributed by atoms with E-state index in [1.54, 1.807) is 6.07 Å². The average molecular weight is 433 g/mol. The van der Waals surface area contributed by atoms with Crippen LogP contribution in [0.1, 0.15) is 22.2 Å². The van der Waals surface area contributed by atoms with Gasteiger partial charge in [-0.1, -0.05) is 60.5 Å². The van der Waals surface area contributed by atoms with Crippen molar-refractivity contribution >= 4 is 67.0 Å². The van der Waals surface area contributed by atoms with E-state index in [1.165, 1.54) is 28.2 Å². The van der Waals surface area contributed by atoms with Crippen molar-refractivity contribution in [1.29, 1.82) is 0 Å². The summed E-state index contributed by atoms with van der Waals surface area (Å²) in [5.41, 5.74) is 3.15.